The summed E-state index contributed by atoms with van der Waals surface area (Å²) in [5, 5.41) is 9.45. The molecule has 1 fully saturated rings. The molecule has 1 aliphatic heterocycles. The number of nitrogens with one attached hydrogen (secondary N) is 1. The summed E-state index contributed by atoms with van der Waals surface area (Å²) in [4.78, 5) is 27.7. The number of H-pyrrole nitrogens is 1. The minimum Gasteiger partial charge on any atom is -0.480 e. The molecule has 1 aromatic carbocycles. The minimum atomic E-state index is -1.12. The van der Waals surface area contributed by atoms with Gasteiger partial charge in [0.05, 0.1) is 13.2 Å². The number of ether oxygens (including phenoxy) is 1. The van der Waals surface area contributed by atoms with Crippen molar-refractivity contribution in [3.8, 4) is 0 Å². The zero-order valence-electron chi connectivity index (χ0n) is 11.0. The standard InChI is InChI=1S/C14H13FN2O4/c15-9-2-1-3-10-8(9)6-11(16-10)13(18)17-4-5-21-7-12(17)14(19)20/h1-3,6,12,16H,4-5,7H2,(H,19,20)/t12-/m1/s1. The predicted octanol–water partition coefficient (Wildman–Crippen LogP) is 1.23. The number of morpholine rings is 1. The third-order valence-corrected chi connectivity index (χ3v) is 3.52. The van der Waals surface area contributed by atoms with Crippen LogP contribution < -0.4 is 0 Å². The number of aliphatic carboxylic acids is 1. The summed E-state index contributed by atoms with van der Waals surface area (Å²) in [5.41, 5.74) is 0.668. The van der Waals surface area contributed by atoms with Crippen LogP contribution in [0.15, 0.2) is 24.3 Å². The number of carbonyl (C=O) groups is 2. The van der Waals surface area contributed by atoms with Crippen LogP contribution in [0, 0.1) is 5.82 Å². The fraction of sp³-hybridized carbons (Fsp3) is 0.286. The highest BCUT2D eigenvalue weighted by molar-refractivity contribution is 5.99. The molecule has 1 aliphatic rings. The molecule has 7 heteroatoms. The summed E-state index contributed by atoms with van der Waals surface area (Å²) >= 11 is 0. The molecule has 0 spiro atoms. The van der Waals surface area contributed by atoms with Crippen LogP contribution in [0.3, 0.4) is 0 Å². The Kier molecular flexibility index (Phi) is 3.34. The fourth-order valence-electron chi connectivity index (χ4n) is 2.44. The van der Waals surface area contributed by atoms with Crippen LogP contribution in [0.4, 0.5) is 4.39 Å². The molecule has 2 N–H and O–H groups in total. The fourth-order valence-corrected chi connectivity index (χ4v) is 2.44. The monoisotopic (exact) mass is 292 g/mol. The molecule has 1 saturated heterocycles. The highest BCUT2D eigenvalue weighted by atomic mass is 19.1. The van der Waals surface area contributed by atoms with E-state index in [9.17, 15) is 14.0 Å². The van der Waals surface area contributed by atoms with Gasteiger partial charge in [-0.1, -0.05) is 6.07 Å². The van der Waals surface area contributed by atoms with E-state index in [1.54, 1.807) is 6.07 Å². The molecule has 2 aromatic rings. The molecule has 110 valence electrons. The van der Waals surface area contributed by atoms with Crippen molar-refractivity contribution in [1.82, 2.24) is 9.88 Å². The highest BCUT2D eigenvalue weighted by Gasteiger charge is 2.33. The maximum Gasteiger partial charge on any atom is 0.328 e. The average molecular weight is 292 g/mol. The van der Waals surface area contributed by atoms with E-state index in [4.69, 9.17) is 9.84 Å². The number of nitrogens with zero attached hydrogens (tertiary/aromatic N) is 1. The van der Waals surface area contributed by atoms with Gasteiger partial charge < -0.3 is 19.7 Å². The number of aromatic amines is 1. The Balaban J connectivity index is 1.95. The number of hydrogen-bond acceptors (Lipinski definition) is 3. The number of amides is 1. The number of carboxylic acids is 1. The molecule has 21 heavy (non-hydrogen) atoms. The molecule has 0 radical (unpaired) electrons. The summed E-state index contributed by atoms with van der Waals surface area (Å²) < 4.78 is 18.7. The zero-order valence-corrected chi connectivity index (χ0v) is 11.0. The number of fused-ring (bicyclic) bond motifs is 1. The van der Waals surface area contributed by atoms with Gasteiger partial charge in [0.2, 0.25) is 0 Å². The van der Waals surface area contributed by atoms with Gasteiger partial charge in [-0.3, -0.25) is 4.79 Å². The van der Waals surface area contributed by atoms with Crippen molar-refractivity contribution in [3.63, 3.8) is 0 Å². The number of carbonyl (C=O) groups excluding carboxylic acids is 1. The first-order valence-corrected chi connectivity index (χ1v) is 6.46. The van der Waals surface area contributed by atoms with E-state index in [0.717, 1.165) is 0 Å². The minimum absolute atomic E-state index is 0.0460. The lowest BCUT2D eigenvalue weighted by Crippen LogP contribution is -2.52. The van der Waals surface area contributed by atoms with Crippen LogP contribution in [-0.4, -0.2) is 52.7 Å². The van der Waals surface area contributed by atoms with Crippen LogP contribution in [-0.2, 0) is 9.53 Å². The summed E-state index contributed by atoms with van der Waals surface area (Å²) in [6.45, 7) is 0.424. The Labute approximate surface area is 119 Å². The van der Waals surface area contributed by atoms with Crippen molar-refractivity contribution in [2.45, 2.75) is 6.04 Å². The van der Waals surface area contributed by atoms with Crippen molar-refractivity contribution in [2.75, 3.05) is 19.8 Å². The normalized spacial score (nSPS) is 18.9. The molecule has 2 heterocycles. The molecular formula is C14H13FN2O4. The SMILES string of the molecule is O=C(O)[C@H]1COCCN1C(=O)c1cc2c(F)cccc2[nH]1. The number of hydrogen-bond donors (Lipinski definition) is 2. The maximum atomic E-state index is 13.7. The number of halogens is 1. The summed E-state index contributed by atoms with van der Waals surface area (Å²) in [6.07, 6.45) is 0. The van der Waals surface area contributed by atoms with E-state index in [1.165, 1.54) is 23.1 Å². The second-order valence-corrected chi connectivity index (χ2v) is 4.81. The van der Waals surface area contributed by atoms with Gasteiger partial charge in [-0.05, 0) is 18.2 Å². The Morgan fingerprint density at radius 2 is 2.24 bits per heavy atom. The largest absolute Gasteiger partial charge is 0.480 e. The maximum absolute atomic E-state index is 13.7. The first-order chi connectivity index (χ1) is 10.1. The van der Waals surface area contributed by atoms with Crippen molar-refractivity contribution in [1.29, 1.82) is 0 Å². The van der Waals surface area contributed by atoms with E-state index in [0.29, 0.717) is 10.9 Å². The van der Waals surface area contributed by atoms with Crippen molar-refractivity contribution in [3.05, 3.63) is 35.8 Å². The summed E-state index contributed by atoms with van der Waals surface area (Å²) in [5.74, 6) is -2.02. The molecule has 1 aromatic heterocycles. The molecule has 1 atom stereocenters. The number of carboxylic acid groups (broad SMARTS) is 1. The molecule has 3 rings (SSSR count). The number of rotatable bonds is 2. The van der Waals surface area contributed by atoms with Gasteiger partial charge >= 0.3 is 5.97 Å². The summed E-state index contributed by atoms with van der Waals surface area (Å²) in [7, 11) is 0. The lowest BCUT2D eigenvalue weighted by molar-refractivity contribution is -0.147. The third-order valence-electron chi connectivity index (χ3n) is 3.52. The Hall–Kier alpha value is -2.41. The molecular weight excluding hydrogens is 279 g/mol. The van der Waals surface area contributed by atoms with Gasteiger partial charge in [0.15, 0.2) is 6.04 Å². The number of benzene rings is 1. The molecule has 6 nitrogen and oxygen atoms in total. The highest BCUT2D eigenvalue weighted by Crippen LogP contribution is 2.21. The average Bonchev–Trinajstić information content (AvgIpc) is 2.92. The van der Waals surface area contributed by atoms with Crippen LogP contribution in [0.1, 0.15) is 10.5 Å². The van der Waals surface area contributed by atoms with Crippen molar-refractivity contribution < 1.29 is 23.8 Å². The van der Waals surface area contributed by atoms with Crippen LogP contribution >= 0.6 is 0 Å². The van der Waals surface area contributed by atoms with Gasteiger partial charge in [0.25, 0.3) is 5.91 Å². The van der Waals surface area contributed by atoms with Crippen molar-refractivity contribution >= 4 is 22.8 Å². The second kappa shape index (κ2) is 5.17. The predicted molar refractivity (Wildman–Crippen MR) is 71.5 cm³/mol. The Morgan fingerprint density at radius 1 is 1.43 bits per heavy atom. The van der Waals surface area contributed by atoms with Crippen molar-refractivity contribution in [2.24, 2.45) is 0 Å². The van der Waals surface area contributed by atoms with E-state index in [1.807, 2.05) is 0 Å². The van der Waals surface area contributed by atoms with E-state index < -0.39 is 23.7 Å². The van der Waals surface area contributed by atoms with Gasteiger partial charge in [-0.2, -0.15) is 0 Å². The van der Waals surface area contributed by atoms with Crippen LogP contribution in [0.25, 0.3) is 10.9 Å². The lowest BCUT2D eigenvalue weighted by atomic mass is 10.2. The zero-order chi connectivity index (χ0) is 15.0. The second-order valence-electron chi connectivity index (χ2n) is 4.81. The molecule has 0 saturated carbocycles. The number of aromatic nitrogens is 1. The summed E-state index contributed by atoms with van der Waals surface area (Å²) in [6, 6.07) is 4.88. The van der Waals surface area contributed by atoms with Gasteiger partial charge in [0, 0.05) is 17.4 Å². The van der Waals surface area contributed by atoms with E-state index >= 15 is 0 Å². The molecule has 1 amide bonds. The lowest BCUT2D eigenvalue weighted by Gasteiger charge is -2.32. The van der Waals surface area contributed by atoms with E-state index in [-0.39, 0.29) is 25.5 Å². The topological polar surface area (TPSA) is 82.6 Å². The van der Waals surface area contributed by atoms with Crippen LogP contribution in [0.2, 0.25) is 0 Å². The van der Waals surface area contributed by atoms with Gasteiger partial charge in [-0.25, -0.2) is 9.18 Å². The quantitative estimate of drug-likeness (QED) is 0.872. The first-order valence-electron chi connectivity index (χ1n) is 6.46. The first kappa shape index (κ1) is 13.6. The van der Waals surface area contributed by atoms with E-state index in [2.05, 4.69) is 4.98 Å². The van der Waals surface area contributed by atoms with Crippen LogP contribution in [0.5, 0.6) is 0 Å². The molecule has 0 aliphatic carbocycles. The Morgan fingerprint density at radius 3 is 2.95 bits per heavy atom. The molecule has 0 unspecified atom stereocenters. The van der Waals surface area contributed by atoms with Gasteiger partial charge in [-0.15, -0.1) is 0 Å². The third kappa shape index (κ3) is 2.36. The smallest absolute Gasteiger partial charge is 0.328 e. The Bertz CT molecular complexity index is 712. The molecule has 0 bridgehead atoms. The van der Waals surface area contributed by atoms with Gasteiger partial charge in [0.1, 0.15) is 11.5 Å².